The van der Waals surface area contributed by atoms with Gasteiger partial charge in [-0.1, -0.05) is 0 Å². The lowest BCUT2D eigenvalue weighted by molar-refractivity contribution is -0.394. The minimum Gasteiger partial charge on any atom is -0.394 e. The Morgan fingerprint density at radius 1 is 1.05 bits per heavy atom. The first-order valence-corrected chi connectivity index (χ1v) is 5.88. The molecule has 0 aliphatic carbocycles. The van der Waals surface area contributed by atoms with E-state index < -0.39 is 46.6 Å². The molecule has 0 heterocycles. The summed E-state index contributed by atoms with van der Waals surface area (Å²) in [6.07, 6.45) is 0. The van der Waals surface area contributed by atoms with Gasteiger partial charge in [-0.05, 0) is 6.07 Å². The smallest absolute Gasteiger partial charge is 0.280 e. The van der Waals surface area contributed by atoms with Gasteiger partial charge in [0.2, 0.25) is 0 Å². The van der Waals surface area contributed by atoms with Crippen LogP contribution in [0.2, 0.25) is 0 Å². The normalized spacial score (nSPS) is 11.4. The topological polar surface area (TPSA) is 159 Å². The van der Waals surface area contributed by atoms with Gasteiger partial charge in [-0.3, -0.25) is 20.2 Å². The van der Waals surface area contributed by atoms with Gasteiger partial charge >= 0.3 is 0 Å². The quantitative estimate of drug-likeness (QED) is 0.362. The Hall–Kier alpha value is -2.14. The lowest BCUT2D eigenvalue weighted by atomic mass is 10.0. The van der Waals surface area contributed by atoms with Gasteiger partial charge in [0.1, 0.15) is 0 Å². The fraction of sp³-hybridized carbons (Fsp3) is 0.455. The van der Waals surface area contributed by atoms with Crippen molar-refractivity contribution in [2.75, 3.05) is 19.8 Å². The van der Waals surface area contributed by atoms with Crippen LogP contribution in [0.25, 0.3) is 0 Å². The summed E-state index contributed by atoms with van der Waals surface area (Å²) in [7, 11) is 0. The zero-order valence-corrected chi connectivity index (χ0v) is 10.9. The molecule has 0 aliphatic heterocycles. The second-order valence-electron chi connectivity index (χ2n) is 4.44. The summed E-state index contributed by atoms with van der Waals surface area (Å²) in [6, 6.07) is 3.15. The molecule has 0 aromatic heterocycles. The van der Waals surface area contributed by atoms with Gasteiger partial charge in [0, 0.05) is 18.2 Å². The van der Waals surface area contributed by atoms with E-state index in [0.717, 1.165) is 12.1 Å². The Kier molecular flexibility index (Phi) is 5.67. The molecule has 0 fully saturated rings. The van der Waals surface area contributed by atoms with E-state index in [1.165, 1.54) is 6.07 Å². The molecule has 0 spiro atoms. The molecule has 0 unspecified atom stereocenters. The maximum atomic E-state index is 10.9. The number of nitrogens with zero attached hydrogens (tertiary/aromatic N) is 2. The summed E-state index contributed by atoms with van der Waals surface area (Å²) in [6.45, 7) is -1.90. The molecule has 0 aliphatic rings. The fourth-order valence-corrected chi connectivity index (χ4v) is 1.59. The molecule has 1 aromatic carbocycles. The van der Waals surface area contributed by atoms with Gasteiger partial charge in [0.05, 0.1) is 41.3 Å². The monoisotopic (exact) mass is 301 g/mol. The first-order chi connectivity index (χ1) is 9.89. The van der Waals surface area contributed by atoms with Crippen LogP contribution in [0.5, 0.6) is 0 Å². The summed E-state index contributed by atoms with van der Waals surface area (Å²) in [5, 5.41) is 51.6. The van der Waals surface area contributed by atoms with Crippen molar-refractivity contribution < 1.29 is 25.2 Å². The van der Waals surface area contributed by atoms with Gasteiger partial charge in [-0.25, -0.2) is 0 Å². The van der Waals surface area contributed by atoms with Crippen molar-refractivity contribution >= 4 is 11.4 Å². The number of nitrogens with one attached hydrogen (secondary N) is 1. The molecular weight excluding hydrogens is 286 g/mol. The van der Waals surface area contributed by atoms with Crippen LogP contribution in [0.3, 0.4) is 0 Å². The van der Waals surface area contributed by atoms with Gasteiger partial charge in [0.15, 0.2) is 0 Å². The predicted octanol–water partition coefficient (Wildman–Crippen LogP) is -0.692. The third kappa shape index (κ3) is 3.92. The lowest BCUT2D eigenvalue weighted by Gasteiger charge is -2.28. The Balaban J connectivity index is 3.03. The number of non-ortho nitro benzene ring substituents is 1. The molecular formula is C11H15N3O7. The van der Waals surface area contributed by atoms with Crippen LogP contribution in [-0.2, 0) is 6.54 Å². The molecule has 116 valence electrons. The number of hydrogen-bond donors (Lipinski definition) is 4. The molecule has 0 atom stereocenters. The van der Waals surface area contributed by atoms with Crippen molar-refractivity contribution in [2.45, 2.75) is 12.1 Å². The highest BCUT2D eigenvalue weighted by Crippen LogP contribution is 2.25. The molecule has 0 bridgehead atoms. The van der Waals surface area contributed by atoms with E-state index in [0.29, 0.717) is 0 Å². The lowest BCUT2D eigenvalue weighted by Crippen LogP contribution is -2.54. The number of nitro benzene ring substituents is 2. The van der Waals surface area contributed by atoms with Crippen molar-refractivity contribution in [1.82, 2.24) is 5.32 Å². The first kappa shape index (κ1) is 16.9. The summed E-state index contributed by atoms with van der Waals surface area (Å²) >= 11 is 0. The molecule has 1 rings (SSSR count). The zero-order valence-electron chi connectivity index (χ0n) is 10.9. The number of aliphatic hydroxyl groups excluding tert-OH is 3. The number of nitro groups is 2. The fourth-order valence-electron chi connectivity index (χ4n) is 1.59. The highest BCUT2D eigenvalue weighted by Gasteiger charge is 2.28. The summed E-state index contributed by atoms with van der Waals surface area (Å²) in [4.78, 5) is 20.0. The van der Waals surface area contributed by atoms with E-state index in [1.54, 1.807) is 0 Å². The summed E-state index contributed by atoms with van der Waals surface area (Å²) in [5.41, 5.74) is -2.14. The third-order valence-corrected chi connectivity index (χ3v) is 3.04. The second kappa shape index (κ2) is 7.04. The maximum absolute atomic E-state index is 10.9. The van der Waals surface area contributed by atoms with Crippen molar-refractivity contribution in [3.63, 3.8) is 0 Å². The average Bonchev–Trinajstić information content (AvgIpc) is 2.49. The van der Waals surface area contributed by atoms with Crippen molar-refractivity contribution in [3.05, 3.63) is 44.0 Å². The van der Waals surface area contributed by atoms with Crippen molar-refractivity contribution in [1.29, 1.82) is 0 Å². The first-order valence-electron chi connectivity index (χ1n) is 5.88. The Labute approximate surface area is 118 Å². The standard InChI is InChI=1S/C11H15N3O7/c15-5-11(6-16,7-17)12-4-8-1-2-9(13(18)19)3-10(8)14(20)21/h1-3,12,15-17H,4-7H2. The minimum atomic E-state index is -1.39. The predicted molar refractivity (Wildman–Crippen MR) is 70.6 cm³/mol. The van der Waals surface area contributed by atoms with E-state index >= 15 is 0 Å². The maximum Gasteiger partial charge on any atom is 0.280 e. The molecule has 10 heteroatoms. The van der Waals surface area contributed by atoms with Gasteiger partial charge in [-0.15, -0.1) is 0 Å². The molecule has 0 radical (unpaired) electrons. The van der Waals surface area contributed by atoms with E-state index in [1.807, 2.05) is 0 Å². The highest BCUT2D eigenvalue weighted by molar-refractivity contribution is 5.49. The van der Waals surface area contributed by atoms with Crippen LogP contribution in [0.4, 0.5) is 11.4 Å². The molecule has 0 saturated heterocycles. The minimum absolute atomic E-state index is 0.130. The number of benzene rings is 1. The van der Waals surface area contributed by atoms with E-state index in [4.69, 9.17) is 15.3 Å². The third-order valence-electron chi connectivity index (χ3n) is 3.04. The SMILES string of the molecule is O=[N+]([O-])c1ccc(CNC(CO)(CO)CO)c([N+](=O)[O-])c1. The molecule has 10 nitrogen and oxygen atoms in total. The van der Waals surface area contributed by atoms with Crippen molar-refractivity contribution in [2.24, 2.45) is 0 Å². The number of rotatable bonds is 8. The van der Waals surface area contributed by atoms with Crippen LogP contribution in [-0.4, -0.2) is 50.5 Å². The largest absolute Gasteiger partial charge is 0.394 e. The Bertz CT molecular complexity index is 522. The summed E-state index contributed by atoms with van der Waals surface area (Å²) in [5.74, 6) is 0. The summed E-state index contributed by atoms with van der Waals surface area (Å²) < 4.78 is 0. The Morgan fingerprint density at radius 3 is 2.05 bits per heavy atom. The molecule has 0 saturated carbocycles. The number of aliphatic hydroxyl groups is 3. The molecule has 0 amide bonds. The van der Waals surface area contributed by atoms with E-state index in [2.05, 4.69) is 5.32 Å². The number of hydrogen-bond acceptors (Lipinski definition) is 8. The van der Waals surface area contributed by atoms with Gasteiger partial charge in [0.25, 0.3) is 11.4 Å². The second-order valence-corrected chi connectivity index (χ2v) is 4.44. The van der Waals surface area contributed by atoms with Gasteiger partial charge < -0.3 is 20.6 Å². The zero-order chi connectivity index (χ0) is 16.0. The molecule has 1 aromatic rings. The molecule has 4 N–H and O–H groups in total. The van der Waals surface area contributed by atoms with Crippen LogP contribution < -0.4 is 5.32 Å². The average molecular weight is 301 g/mol. The van der Waals surface area contributed by atoms with Crippen molar-refractivity contribution in [3.8, 4) is 0 Å². The van der Waals surface area contributed by atoms with Crippen LogP contribution >= 0.6 is 0 Å². The van der Waals surface area contributed by atoms with Gasteiger partial charge in [-0.2, -0.15) is 0 Å². The Morgan fingerprint density at radius 2 is 1.62 bits per heavy atom. The van der Waals surface area contributed by atoms with Crippen LogP contribution in [0.15, 0.2) is 18.2 Å². The van der Waals surface area contributed by atoms with Crippen LogP contribution in [0.1, 0.15) is 5.56 Å². The van der Waals surface area contributed by atoms with E-state index in [9.17, 15) is 20.2 Å². The highest BCUT2D eigenvalue weighted by atomic mass is 16.6. The molecule has 21 heavy (non-hydrogen) atoms. The van der Waals surface area contributed by atoms with E-state index in [-0.39, 0.29) is 12.1 Å². The van der Waals surface area contributed by atoms with Crippen LogP contribution in [0, 0.1) is 20.2 Å².